The van der Waals surface area contributed by atoms with Gasteiger partial charge < -0.3 is 10.2 Å². The largest absolute Gasteiger partial charge is 0.481 e. The maximum absolute atomic E-state index is 10.8. The maximum atomic E-state index is 10.8. The fraction of sp³-hybridized carbons (Fsp3) is 0.900. The summed E-state index contributed by atoms with van der Waals surface area (Å²) >= 11 is 0. The predicted octanol–water partition coefficient (Wildman–Crippen LogP) is 1.89. The van der Waals surface area contributed by atoms with E-state index in [-0.39, 0.29) is 5.92 Å². The van der Waals surface area contributed by atoms with E-state index >= 15 is 0 Å². The van der Waals surface area contributed by atoms with Gasteiger partial charge in [0.2, 0.25) is 0 Å². The van der Waals surface area contributed by atoms with Crippen LogP contribution in [0.2, 0.25) is 0 Å². The summed E-state index contributed by atoms with van der Waals surface area (Å²) in [4.78, 5) is 10.8. The highest BCUT2D eigenvalue weighted by molar-refractivity contribution is 5.70. The van der Waals surface area contributed by atoms with Gasteiger partial charge in [-0.1, -0.05) is 33.6 Å². The molecule has 0 aromatic heterocycles. The molecule has 0 fully saturated rings. The summed E-state index contributed by atoms with van der Waals surface area (Å²) in [5, 5.41) is 18.5. The molecule has 0 heterocycles. The fourth-order valence-corrected chi connectivity index (χ4v) is 1.49. The summed E-state index contributed by atoms with van der Waals surface area (Å²) in [6.45, 7) is 5.68. The molecule has 78 valence electrons. The number of unbranched alkanes of at least 4 members (excludes halogenated alkanes) is 1. The van der Waals surface area contributed by atoms with Gasteiger partial charge in [-0.3, -0.25) is 4.79 Å². The first-order valence-corrected chi connectivity index (χ1v) is 4.91. The van der Waals surface area contributed by atoms with Crippen LogP contribution >= 0.6 is 0 Å². The molecule has 0 radical (unpaired) electrons. The van der Waals surface area contributed by atoms with E-state index in [1.165, 1.54) is 0 Å². The Hall–Kier alpha value is -0.570. The highest BCUT2D eigenvalue weighted by Gasteiger charge is 2.28. The maximum Gasteiger partial charge on any atom is 0.309 e. The van der Waals surface area contributed by atoms with Crippen LogP contribution in [0, 0.1) is 11.8 Å². The first-order valence-electron chi connectivity index (χ1n) is 4.91. The smallest absolute Gasteiger partial charge is 0.309 e. The van der Waals surface area contributed by atoms with Gasteiger partial charge in [-0.05, 0) is 12.3 Å². The van der Waals surface area contributed by atoms with Gasteiger partial charge in [0.05, 0.1) is 12.0 Å². The molecule has 0 spiro atoms. The molecular weight excluding hydrogens is 168 g/mol. The topological polar surface area (TPSA) is 57.5 Å². The van der Waals surface area contributed by atoms with Crippen LogP contribution < -0.4 is 0 Å². The number of hydrogen-bond donors (Lipinski definition) is 2. The van der Waals surface area contributed by atoms with Gasteiger partial charge in [-0.2, -0.15) is 0 Å². The zero-order valence-corrected chi connectivity index (χ0v) is 8.66. The van der Waals surface area contributed by atoms with E-state index in [2.05, 4.69) is 0 Å². The van der Waals surface area contributed by atoms with Gasteiger partial charge in [0.15, 0.2) is 0 Å². The molecule has 3 nitrogen and oxygen atoms in total. The van der Waals surface area contributed by atoms with Crippen LogP contribution in [0.25, 0.3) is 0 Å². The van der Waals surface area contributed by atoms with Gasteiger partial charge >= 0.3 is 5.97 Å². The molecule has 0 aliphatic heterocycles. The average molecular weight is 188 g/mol. The van der Waals surface area contributed by atoms with Gasteiger partial charge in [0.25, 0.3) is 0 Å². The van der Waals surface area contributed by atoms with Crippen molar-refractivity contribution in [3.05, 3.63) is 0 Å². The predicted molar refractivity (Wildman–Crippen MR) is 51.5 cm³/mol. The number of carboxylic acid groups (broad SMARTS) is 1. The molecule has 0 amide bonds. The second kappa shape index (κ2) is 5.97. The van der Waals surface area contributed by atoms with E-state index in [4.69, 9.17) is 5.11 Å². The number of aliphatic hydroxyl groups is 1. The van der Waals surface area contributed by atoms with Crippen molar-refractivity contribution in [1.29, 1.82) is 0 Å². The van der Waals surface area contributed by atoms with Crippen molar-refractivity contribution < 1.29 is 15.0 Å². The highest BCUT2D eigenvalue weighted by Crippen LogP contribution is 2.19. The van der Waals surface area contributed by atoms with E-state index in [1.54, 1.807) is 0 Å². The summed E-state index contributed by atoms with van der Waals surface area (Å²) < 4.78 is 0. The van der Waals surface area contributed by atoms with Crippen molar-refractivity contribution >= 4 is 5.97 Å². The lowest BCUT2D eigenvalue weighted by Gasteiger charge is -2.21. The Labute approximate surface area is 79.8 Å². The quantitative estimate of drug-likeness (QED) is 0.669. The molecule has 2 atom stereocenters. The Morgan fingerprint density at radius 1 is 1.38 bits per heavy atom. The van der Waals surface area contributed by atoms with Gasteiger partial charge in [-0.25, -0.2) is 0 Å². The van der Waals surface area contributed by atoms with E-state index in [0.717, 1.165) is 12.8 Å². The number of rotatable bonds is 6. The molecule has 0 aliphatic rings. The third-order valence-corrected chi connectivity index (χ3v) is 2.27. The van der Waals surface area contributed by atoms with Crippen LogP contribution in [-0.2, 0) is 4.79 Å². The Bertz CT molecular complexity index is 154. The van der Waals surface area contributed by atoms with Crippen LogP contribution in [0.4, 0.5) is 0 Å². The van der Waals surface area contributed by atoms with Gasteiger partial charge in [0, 0.05) is 0 Å². The Morgan fingerprint density at radius 3 is 2.23 bits per heavy atom. The molecule has 2 unspecified atom stereocenters. The Balaban J connectivity index is 4.12. The minimum Gasteiger partial charge on any atom is -0.481 e. The summed E-state index contributed by atoms with van der Waals surface area (Å²) in [5.41, 5.74) is 0. The molecule has 0 aliphatic carbocycles. The monoisotopic (exact) mass is 188 g/mol. The second-order valence-electron chi connectivity index (χ2n) is 3.82. The van der Waals surface area contributed by atoms with E-state index in [9.17, 15) is 9.90 Å². The number of carboxylic acids is 1. The molecule has 0 saturated heterocycles. The summed E-state index contributed by atoms with van der Waals surface area (Å²) in [6.07, 6.45) is 1.77. The first-order chi connectivity index (χ1) is 6.00. The average Bonchev–Trinajstić information content (AvgIpc) is 1.99. The summed E-state index contributed by atoms with van der Waals surface area (Å²) in [6, 6.07) is 0. The molecule has 0 rings (SSSR count). The molecule has 0 aromatic rings. The van der Waals surface area contributed by atoms with Crippen molar-refractivity contribution in [2.24, 2.45) is 11.8 Å². The van der Waals surface area contributed by atoms with Crippen LogP contribution in [0.3, 0.4) is 0 Å². The molecule has 2 N–H and O–H groups in total. The van der Waals surface area contributed by atoms with Crippen LogP contribution in [0.5, 0.6) is 0 Å². The molecule has 13 heavy (non-hydrogen) atoms. The van der Waals surface area contributed by atoms with Crippen molar-refractivity contribution in [3.63, 3.8) is 0 Å². The van der Waals surface area contributed by atoms with E-state index < -0.39 is 18.0 Å². The highest BCUT2D eigenvalue weighted by atomic mass is 16.4. The third-order valence-electron chi connectivity index (χ3n) is 2.27. The van der Waals surface area contributed by atoms with Crippen molar-refractivity contribution in [2.45, 2.75) is 46.1 Å². The Kier molecular flexibility index (Phi) is 5.71. The van der Waals surface area contributed by atoms with E-state index in [0.29, 0.717) is 6.42 Å². The van der Waals surface area contributed by atoms with Crippen LogP contribution in [-0.4, -0.2) is 22.3 Å². The van der Waals surface area contributed by atoms with Crippen LogP contribution in [0.1, 0.15) is 40.0 Å². The van der Waals surface area contributed by atoms with Crippen molar-refractivity contribution in [3.8, 4) is 0 Å². The van der Waals surface area contributed by atoms with Crippen molar-refractivity contribution in [1.82, 2.24) is 0 Å². The van der Waals surface area contributed by atoms with Gasteiger partial charge in [-0.15, -0.1) is 0 Å². The molecular formula is C10H20O3. The van der Waals surface area contributed by atoms with Crippen molar-refractivity contribution in [2.75, 3.05) is 0 Å². The standard InChI is InChI=1S/C10H20O3/c1-4-5-6-8(11)9(7(2)3)10(12)13/h7-9,11H,4-6H2,1-3H3,(H,12,13). The lowest BCUT2D eigenvalue weighted by atomic mass is 9.88. The molecule has 0 bridgehead atoms. The molecule has 0 saturated carbocycles. The fourth-order valence-electron chi connectivity index (χ4n) is 1.49. The van der Waals surface area contributed by atoms with E-state index in [1.807, 2.05) is 20.8 Å². The zero-order valence-electron chi connectivity index (χ0n) is 8.66. The zero-order chi connectivity index (χ0) is 10.4. The Morgan fingerprint density at radius 2 is 1.92 bits per heavy atom. The first kappa shape index (κ1) is 12.4. The number of aliphatic hydroxyl groups excluding tert-OH is 1. The number of hydrogen-bond acceptors (Lipinski definition) is 2. The normalized spacial score (nSPS) is 15.8. The molecule has 3 heteroatoms. The van der Waals surface area contributed by atoms with Crippen LogP contribution in [0.15, 0.2) is 0 Å². The number of aliphatic carboxylic acids is 1. The number of carbonyl (C=O) groups is 1. The molecule has 0 aromatic carbocycles. The lowest BCUT2D eigenvalue weighted by molar-refractivity contribution is -0.148. The van der Waals surface area contributed by atoms with Gasteiger partial charge in [0.1, 0.15) is 0 Å². The minimum absolute atomic E-state index is 0.00986. The summed E-state index contributed by atoms with van der Waals surface area (Å²) in [5.74, 6) is -1.52. The second-order valence-corrected chi connectivity index (χ2v) is 3.82. The third kappa shape index (κ3) is 4.27. The lowest BCUT2D eigenvalue weighted by Crippen LogP contribution is -2.32. The summed E-state index contributed by atoms with van der Waals surface area (Å²) in [7, 11) is 0. The minimum atomic E-state index is -0.890. The SMILES string of the molecule is CCCCC(O)C(C(=O)O)C(C)C.